The zero-order chi connectivity index (χ0) is 16.3. The average Bonchev–Trinajstić information content (AvgIpc) is 2.36. The van der Waals surface area contributed by atoms with E-state index in [1.54, 1.807) is 6.92 Å². The fourth-order valence-electron chi connectivity index (χ4n) is 1.79. The van der Waals surface area contributed by atoms with Crippen molar-refractivity contribution in [1.82, 2.24) is 4.72 Å². The van der Waals surface area contributed by atoms with Crippen molar-refractivity contribution in [2.45, 2.75) is 26.1 Å². The molecule has 120 valence electrons. The SMILES string of the molecule is CC(CCl)CS(=O)(=O)NC(C)c1cccc(C(F)(F)F)c1. The Balaban J connectivity index is 2.87. The Kier molecular flexibility index (Phi) is 6.07. The number of nitrogens with one attached hydrogen (secondary N) is 1. The summed E-state index contributed by atoms with van der Waals surface area (Å²) in [5.74, 6) is -0.212. The predicted octanol–water partition coefficient (Wildman–Crippen LogP) is 3.56. The number of rotatable bonds is 6. The van der Waals surface area contributed by atoms with Crippen LogP contribution in [0.2, 0.25) is 0 Å². The number of benzene rings is 1. The van der Waals surface area contributed by atoms with Gasteiger partial charge in [0.05, 0.1) is 11.3 Å². The molecule has 3 nitrogen and oxygen atoms in total. The third kappa shape index (κ3) is 5.84. The number of sulfonamides is 1. The minimum atomic E-state index is -4.46. The summed E-state index contributed by atoms with van der Waals surface area (Å²) in [5.41, 5.74) is -0.549. The van der Waals surface area contributed by atoms with Gasteiger partial charge in [0, 0.05) is 11.9 Å². The molecule has 0 aliphatic rings. The molecule has 1 aromatic carbocycles. The molecular weight excluding hydrogens is 327 g/mol. The first-order valence-corrected chi connectivity index (χ1v) is 8.47. The molecule has 8 heteroatoms. The largest absolute Gasteiger partial charge is 0.416 e. The summed E-state index contributed by atoms with van der Waals surface area (Å²) in [6.45, 7) is 3.18. The van der Waals surface area contributed by atoms with Gasteiger partial charge in [-0.25, -0.2) is 13.1 Å². The Morgan fingerprint density at radius 3 is 2.43 bits per heavy atom. The van der Waals surface area contributed by atoms with E-state index in [2.05, 4.69) is 4.72 Å². The Hall–Kier alpha value is -0.790. The zero-order valence-electron chi connectivity index (χ0n) is 11.6. The van der Waals surface area contributed by atoms with Crippen LogP contribution in [-0.4, -0.2) is 20.1 Å². The van der Waals surface area contributed by atoms with Crippen molar-refractivity contribution in [3.8, 4) is 0 Å². The van der Waals surface area contributed by atoms with Crippen LogP contribution in [0.1, 0.15) is 31.0 Å². The lowest BCUT2D eigenvalue weighted by Gasteiger charge is -2.17. The maximum Gasteiger partial charge on any atom is 0.416 e. The molecule has 1 rings (SSSR count). The molecule has 0 radical (unpaired) electrons. The monoisotopic (exact) mass is 343 g/mol. The van der Waals surface area contributed by atoms with Gasteiger partial charge in [-0.3, -0.25) is 0 Å². The Bertz CT molecular complexity index is 575. The number of hydrogen-bond donors (Lipinski definition) is 1. The number of alkyl halides is 4. The molecule has 0 aliphatic heterocycles. The minimum Gasteiger partial charge on any atom is -0.212 e. The van der Waals surface area contributed by atoms with Gasteiger partial charge in [0.2, 0.25) is 10.0 Å². The highest BCUT2D eigenvalue weighted by molar-refractivity contribution is 7.89. The van der Waals surface area contributed by atoms with Crippen LogP contribution >= 0.6 is 11.6 Å². The van der Waals surface area contributed by atoms with E-state index in [1.807, 2.05) is 0 Å². The second-order valence-electron chi connectivity index (χ2n) is 5.00. The quantitative estimate of drug-likeness (QED) is 0.803. The van der Waals surface area contributed by atoms with E-state index in [4.69, 9.17) is 11.6 Å². The first-order chi connectivity index (χ1) is 9.55. The molecule has 0 aromatic heterocycles. The van der Waals surface area contributed by atoms with Gasteiger partial charge in [0.1, 0.15) is 0 Å². The molecule has 21 heavy (non-hydrogen) atoms. The second kappa shape index (κ2) is 6.98. The molecule has 0 bridgehead atoms. The summed E-state index contributed by atoms with van der Waals surface area (Å²) in [7, 11) is -3.60. The van der Waals surface area contributed by atoms with E-state index in [1.165, 1.54) is 19.1 Å². The van der Waals surface area contributed by atoms with Crippen molar-refractivity contribution in [3.63, 3.8) is 0 Å². The van der Waals surface area contributed by atoms with Crippen LogP contribution in [0.4, 0.5) is 13.2 Å². The van der Waals surface area contributed by atoms with E-state index < -0.39 is 27.8 Å². The smallest absolute Gasteiger partial charge is 0.212 e. The summed E-state index contributed by atoms with van der Waals surface area (Å²) in [4.78, 5) is 0. The lowest BCUT2D eigenvalue weighted by molar-refractivity contribution is -0.137. The first-order valence-electron chi connectivity index (χ1n) is 6.28. The van der Waals surface area contributed by atoms with Gasteiger partial charge in [-0.05, 0) is 30.5 Å². The summed E-state index contributed by atoms with van der Waals surface area (Å²) in [6.07, 6.45) is -4.46. The molecule has 2 unspecified atom stereocenters. The third-order valence-corrected chi connectivity index (χ3v) is 5.08. The normalized spacial score (nSPS) is 15.7. The highest BCUT2D eigenvalue weighted by atomic mass is 35.5. The number of halogens is 4. The predicted molar refractivity (Wildman–Crippen MR) is 76.7 cm³/mol. The Morgan fingerprint density at radius 2 is 1.90 bits per heavy atom. The van der Waals surface area contributed by atoms with Gasteiger partial charge < -0.3 is 0 Å². The topological polar surface area (TPSA) is 46.2 Å². The van der Waals surface area contributed by atoms with Crippen molar-refractivity contribution in [3.05, 3.63) is 35.4 Å². The molecule has 1 aromatic rings. The maximum atomic E-state index is 12.6. The van der Waals surface area contributed by atoms with E-state index in [-0.39, 0.29) is 23.1 Å². The minimum absolute atomic E-state index is 0.167. The lowest BCUT2D eigenvalue weighted by Crippen LogP contribution is -2.31. The Morgan fingerprint density at radius 1 is 1.29 bits per heavy atom. The lowest BCUT2D eigenvalue weighted by atomic mass is 10.1. The van der Waals surface area contributed by atoms with E-state index in [9.17, 15) is 21.6 Å². The van der Waals surface area contributed by atoms with Gasteiger partial charge >= 0.3 is 6.18 Å². The van der Waals surface area contributed by atoms with Gasteiger partial charge in [-0.2, -0.15) is 13.2 Å². The molecule has 0 saturated heterocycles. The fraction of sp³-hybridized carbons (Fsp3) is 0.538. The summed E-state index contributed by atoms with van der Waals surface area (Å²) >= 11 is 5.57. The van der Waals surface area contributed by atoms with Crippen molar-refractivity contribution in [2.75, 3.05) is 11.6 Å². The van der Waals surface area contributed by atoms with Crippen LogP contribution in [0.15, 0.2) is 24.3 Å². The molecule has 2 atom stereocenters. The van der Waals surface area contributed by atoms with Gasteiger partial charge in [-0.1, -0.05) is 19.1 Å². The highest BCUT2D eigenvalue weighted by Crippen LogP contribution is 2.30. The van der Waals surface area contributed by atoms with Gasteiger partial charge in [0.25, 0.3) is 0 Å². The van der Waals surface area contributed by atoms with Crippen molar-refractivity contribution in [2.24, 2.45) is 5.92 Å². The van der Waals surface area contributed by atoms with Crippen molar-refractivity contribution in [1.29, 1.82) is 0 Å². The van der Waals surface area contributed by atoms with Crippen LogP contribution < -0.4 is 4.72 Å². The zero-order valence-corrected chi connectivity index (χ0v) is 13.2. The highest BCUT2D eigenvalue weighted by Gasteiger charge is 2.31. The van der Waals surface area contributed by atoms with Crippen LogP contribution in [0.5, 0.6) is 0 Å². The number of hydrogen-bond acceptors (Lipinski definition) is 2. The van der Waals surface area contributed by atoms with Gasteiger partial charge in [0.15, 0.2) is 0 Å². The molecule has 0 saturated carbocycles. The summed E-state index contributed by atoms with van der Waals surface area (Å²) in [6, 6.07) is 3.84. The summed E-state index contributed by atoms with van der Waals surface area (Å²) < 4.78 is 64.0. The summed E-state index contributed by atoms with van der Waals surface area (Å²) in [5, 5.41) is 0. The van der Waals surface area contributed by atoms with E-state index in [0.29, 0.717) is 0 Å². The molecule has 0 spiro atoms. The molecule has 0 fully saturated rings. The van der Waals surface area contributed by atoms with Crippen LogP contribution in [-0.2, 0) is 16.2 Å². The molecule has 0 amide bonds. The molecular formula is C13H17ClF3NO2S. The van der Waals surface area contributed by atoms with Crippen molar-refractivity contribution >= 4 is 21.6 Å². The molecule has 1 N–H and O–H groups in total. The van der Waals surface area contributed by atoms with E-state index in [0.717, 1.165) is 12.1 Å². The maximum absolute atomic E-state index is 12.6. The first kappa shape index (κ1) is 18.3. The van der Waals surface area contributed by atoms with Gasteiger partial charge in [-0.15, -0.1) is 11.6 Å². The van der Waals surface area contributed by atoms with Crippen LogP contribution in [0, 0.1) is 5.92 Å². The van der Waals surface area contributed by atoms with Crippen LogP contribution in [0.3, 0.4) is 0 Å². The van der Waals surface area contributed by atoms with E-state index >= 15 is 0 Å². The Labute approximate surface area is 127 Å². The average molecular weight is 344 g/mol. The standard InChI is InChI=1S/C13H17ClF3NO2S/c1-9(7-14)8-21(19,20)18-10(2)11-4-3-5-12(6-11)13(15,16)17/h3-6,9-10,18H,7-8H2,1-2H3. The fourth-order valence-corrected chi connectivity index (χ4v) is 3.67. The molecule has 0 aliphatic carbocycles. The second-order valence-corrected chi connectivity index (χ2v) is 7.11. The third-order valence-electron chi connectivity index (χ3n) is 2.84. The van der Waals surface area contributed by atoms with Crippen molar-refractivity contribution < 1.29 is 21.6 Å². The van der Waals surface area contributed by atoms with Crippen LogP contribution in [0.25, 0.3) is 0 Å². The molecule has 0 heterocycles.